The minimum absolute atomic E-state index is 0.499. The Balaban J connectivity index is 2.13. The zero-order chi connectivity index (χ0) is 17.1. The summed E-state index contributed by atoms with van der Waals surface area (Å²) >= 11 is 5.93. The minimum Gasteiger partial charge on any atom is -0.309 e. The molecule has 0 fully saturated rings. The first-order chi connectivity index (χ1) is 12.4. The Bertz CT molecular complexity index is 1010. The molecule has 0 aliphatic carbocycles. The smallest absolute Gasteiger partial charge is 0.0613 e. The summed E-state index contributed by atoms with van der Waals surface area (Å²) in [5.41, 5.74) is 5.93. The van der Waals surface area contributed by atoms with E-state index in [-0.39, 0.29) is 0 Å². The predicted molar refractivity (Wildman–Crippen MR) is 108 cm³/mol. The number of alkyl halides is 1. The first-order valence-electron chi connectivity index (χ1n) is 8.37. The third-order valence-electron chi connectivity index (χ3n) is 4.35. The van der Waals surface area contributed by atoms with E-state index < -0.39 is 0 Å². The zero-order valence-electron chi connectivity index (χ0n) is 13.8. The first kappa shape index (κ1) is 15.7. The van der Waals surface area contributed by atoms with Gasteiger partial charge >= 0.3 is 0 Å². The number of allylic oxidation sites excluding steroid dienone is 1. The molecule has 1 nitrogen and oxygen atoms in total. The fraction of sp³-hybridized carbons (Fsp3) is 0.0435. The van der Waals surface area contributed by atoms with Crippen molar-refractivity contribution in [1.29, 1.82) is 0 Å². The van der Waals surface area contributed by atoms with Crippen LogP contribution < -0.4 is 0 Å². The Morgan fingerprint density at radius 2 is 1.40 bits per heavy atom. The van der Waals surface area contributed by atoms with Crippen molar-refractivity contribution in [3.63, 3.8) is 0 Å². The third kappa shape index (κ3) is 2.88. The number of aromatic nitrogens is 1. The molecule has 0 N–H and O–H groups in total. The van der Waals surface area contributed by atoms with Crippen LogP contribution >= 0.6 is 11.6 Å². The fourth-order valence-electron chi connectivity index (χ4n) is 3.32. The van der Waals surface area contributed by atoms with Gasteiger partial charge in [0.25, 0.3) is 0 Å². The van der Waals surface area contributed by atoms with Gasteiger partial charge < -0.3 is 4.57 Å². The molecule has 4 aromatic rings. The van der Waals surface area contributed by atoms with Crippen LogP contribution in [0.5, 0.6) is 0 Å². The normalized spacial score (nSPS) is 11.4. The van der Waals surface area contributed by atoms with Crippen LogP contribution in [0.15, 0.2) is 91.0 Å². The van der Waals surface area contributed by atoms with Crippen LogP contribution in [0.3, 0.4) is 0 Å². The molecule has 25 heavy (non-hydrogen) atoms. The van der Waals surface area contributed by atoms with E-state index in [2.05, 4.69) is 83.4 Å². The summed E-state index contributed by atoms with van der Waals surface area (Å²) in [5.74, 6) is 0.499. The summed E-state index contributed by atoms with van der Waals surface area (Å²) in [6.45, 7) is 0. The molecule has 0 atom stereocenters. The van der Waals surface area contributed by atoms with Gasteiger partial charge in [-0.25, -0.2) is 0 Å². The van der Waals surface area contributed by atoms with E-state index in [9.17, 15) is 0 Å². The number of halogens is 1. The van der Waals surface area contributed by atoms with Gasteiger partial charge in [-0.2, -0.15) is 0 Å². The highest BCUT2D eigenvalue weighted by Gasteiger charge is 2.17. The molecule has 4 rings (SSSR count). The summed E-state index contributed by atoms with van der Waals surface area (Å²) < 4.78 is 2.33. The maximum Gasteiger partial charge on any atom is 0.0613 e. The van der Waals surface area contributed by atoms with Crippen molar-refractivity contribution in [2.24, 2.45) is 0 Å². The predicted octanol–water partition coefficient (Wildman–Crippen LogP) is 6.55. The molecule has 0 aliphatic rings. The largest absolute Gasteiger partial charge is 0.309 e. The van der Waals surface area contributed by atoms with Gasteiger partial charge in [-0.3, -0.25) is 0 Å². The minimum atomic E-state index is 0.499. The molecule has 0 spiro atoms. The lowest BCUT2D eigenvalue weighted by Crippen LogP contribution is -1.97. The average molecular weight is 344 g/mol. The number of hydrogen-bond donors (Lipinski definition) is 0. The SMILES string of the molecule is ClCC=Cc1c(-c2ccccc2)n(-c2ccccc2)c2ccccc12. The van der Waals surface area contributed by atoms with Gasteiger partial charge in [0.2, 0.25) is 0 Å². The molecule has 0 radical (unpaired) electrons. The first-order valence-corrected chi connectivity index (χ1v) is 8.90. The molecule has 1 aromatic heterocycles. The Morgan fingerprint density at radius 3 is 2.12 bits per heavy atom. The van der Waals surface area contributed by atoms with E-state index in [0.717, 1.165) is 5.69 Å². The number of benzene rings is 3. The van der Waals surface area contributed by atoms with Gasteiger partial charge in [0.15, 0.2) is 0 Å². The molecular weight excluding hydrogens is 326 g/mol. The van der Waals surface area contributed by atoms with E-state index in [1.54, 1.807) is 0 Å². The lowest BCUT2D eigenvalue weighted by Gasteiger charge is -2.12. The lowest BCUT2D eigenvalue weighted by molar-refractivity contribution is 1.13. The number of nitrogens with zero attached hydrogens (tertiary/aromatic N) is 1. The molecule has 0 bridgehead atoms. The van der Waals surface area contributed by atoms with E-state index in [0.29, 0.717) is 5.88 Å². The number of para-hydroxylation sites is 2. The second-order valence-corrected chi connectivity index (χ2v) is 6.18. The zero-order valence-corrected chi connectivity index (χ0v) is 14.5. The quantitative estimate of drug-likeness (QED) is 0.370. The van der Waals surface area contributed by atoms with Crippen LogP contribution in [-0.2, 0) is 0 Å². The van der Waals surface area contributed by atoms with Gasteiger partial charge in [-0.1, -0.05) is 78.9 Å². The molecule has 3 aromatic carbocycles. The van der Waals surface area contributed by atoms with E-state index in [1.807, 2.05) is 18.2 Å². The second kappa shape index (κ2) is 7.00. The van der Waals surface area contributed by atoms with E-state index in [4.69, 9.17) is 11.6 Å². The second-order valence-electron chi connectivity index (χ2n) is 5.87. The van der Waals surface area contributed by atoms with Gasteiger partial charge in [0, 0.05) is 22.5 Å². The van der Waals surface area contributed by atoms with Gasteiger partial charge in [-0.05, 0) is 23.8 Å². The summed E-state index contributed by atoms with van der Waals surface area (Å²) in [5, 5.41) is 1.23. The maximum atomic E-state index is 5.93. The molecule has 0 saturated heterocycles. The third-order valence-corrected chi connectivity index (χ3v) is 4.53. The van der Waals surface area contributed by atoms with Crippen molar-refractivity contribution in [2.45, 2.75) is 0 Å². The van der Waals surface area contributed by atoms with Crippen LogP contribution in [0, 0.1) is 0 Å². The van der Waals surface area contributed by atoms with Crippen molar-refractivity contribution >= 4 is 28.6 Å². The highest BCUT2D eigenvalue weighted by molar-refractivity contribution is 6.19. The van der Waals surface area contributed by atoms with E-state index in [1.165, 1.54) is 27.7 Å². The highest BCUT2D eigenvalue weighted by atomic mass is 35.5. The topological polar surface area (TPSA) is 4.93 Å². The summed E-state index contributed by atoms with van der Waals surface area (Å²) in [6.07, 6.45) is 4.14. The van der Waals surface area contributed by atoms with Crippen molar-refractivity contribution in [3.05, 3.63) is 96.6 Å². The van der Waals surface area contributed by atoms with Crippen LogP contribution in [0.25, 0.3) is 33.9 Å². The monoisotopic (exact) mass is 343 g/mol. The summed E-state index contributed by atoms with van der Waals surface area (Å²) in [6, 6.07) is 29.5. The summed E-state index contributed by atoms with van der Waals surface area (Å²) in [7, 11) is 0. The van der Waals surface area contributed by atoms with Crippen molar-refractivity contribution in [2.75, 3.05) is 5.88 Å². The Hall–Kier alpha value is -2.77. The highest BCUT2D eigenvalue weighted by Crippen LogP contribution is 2.37. The Morgan fingerprint density at radius 1 is 0.760 bits per heavy atom. The van der Waals surface area contributed by atoms with Crippen molar-refractivity contribution < 1.29 is 0 Å². The maximum absolute atomic E-state index is 5.93. The average Bonchev–Trinajstić information content (AvgIpc) is 3.02. The molecule has 1 heterocycles. The van der Waals surface area contributed by atoms with Crippen LogP contribution in [0.4, 0.5) is 0 Å². The number of fused-ring (bicyclic) bond motifs is 1. The van der Waals surface area contributed by atoms with Gasteiger partial charge in [0.1, 0.15) is 0 Å². The van der Waals surface area contributed by atoms with Crippen molar-refractivity contribution in [3.8, 4) is 16.9 Å². The summed E-state index contributed by atoms with van der Waals surface area (Å²) in [4.78, 5) is 0. The standard InChI is InChI=1S/C23H18ClN/c24-17-9-15-21-20-14-7-8-16-22(20)25(19-12-5-2-6-13-19)23(21)18-10-3-1-4-11-18/h1-16H,17H2. The molecule has 122 valence electrons. The van der Waals surface area contributed by atoms with Crippen LogP contribution in [0.2, 0.25) is 0 Å². The van der Waals surface area contributed by atoms with Gasteiger partial charge in [0.05, 0.1) is 11.2 Å². The molecule has 0 saturated carbocycles. The molecule has 0 aliphatic heterocycles. The number of rotatable bonds is 4. The van der Waals surface area contributed by atoms with Crippen molar-refractivity contribution in [1.82, 2.24) is 4.57 Å². The molecule has 2 heteroatoms. The molecular formula is C23H18ClN. The van der Waals surface area contributed by atoms with Gasteiger partial charge in [-0.15, -0.1) is 11.6 Å². The lowest BCUT2D eigenvalue weighted by atomic mass is 10.0. The van der Waals surface area contributed by atoms with Crippen LogP contribution in [0.1, 0.15) is 5.56 Å². The fourth-order valence-corrected chi connectivity index (χ4v) is 3.41. The molecule has 0 unspecified atom stereocenters. The van der Waals surface area contributed by atoms with E-state index >= 15 is 0 Å². The molecule has 0 amide bonds. The van der Waals surface area contributed by atoms with Crippen LogP contribution in [-0.4, -0.2) is 10.4 Å². The number of hydrogen-bond acceptors (Lipinski definition) is 0. The Kier molecular flexibility index (Phi) is 4.41. The Labute approximate surface area is 152 Å².